The topological polar surface area (TPSA) is 12.0 Å². The molecule has 0 spiro atoms. The van der Waals surface area contributed by atoms with Crippen molar-refractivity contribution in [3.63, 3.8) is 0 Å². The van der Waals surface area contributed by atoms with Crippen LogP contribution >= 0.6 is 11.6 Å². The summed E-state index contributed by atoms with van der Waals surface area (Å²) in [6.45, 7) is 9.66. The fraction of sp³-hybridized carbons (Fsp3) is 0.571. The Morgan fingerprint density at radius 1 is 1.31 bits per heavy atom. The zero-order valence-electron chi connectivity index (χ0n) is 10.7. The summed E-state index contributed by atoms with van der Waals surface area (Å²) in [4.78, 5) is 0. The molecule has 1 aromatic rings. The van der Waals surface area contributed by atoms with E-state index in [-0.39, 0.29) is 0 Å². The molecule has 0 aliphatic carbocycles. The fourth-order valence-corrected chi connectivity index (χ4v) is 2.23. The standard InChI is InChI=1S/C14H22ClN/c1-5-10(3)14(16-6-2)12-9-7-8-11(4)13(12)15/h7-10,14,16H,5-6H2,1-4H3. The lowest BCUT2D eigenvalue weighted by atomic mass is 9.91. The third kappa shape index (κ3) is 2.99. The lowest BCUT2D eigenvalue weighted by Gasteiger charge is -2.25. The predicted molar refractivity (Wildman–Crippen MR) is 72.1 cm³/mol. The number of halogens is 1. The van der Waals surface area contributed by atoms with Crippen LogP contribution in [0.15, 0.2) is 18.2 Å². The molecule has 1 N–H and O–H groups in total. The van der Waals surface area contributed by atoms with Crippen molar-refractivity contribution in [2.45, 2.75) is 40.2 Å². The molecule has 1 nitrogen and oxygen atoms in total. The number of hydrogen-bond acceptors (Lipinski definition) is 1. The van der Waals surface area contributed by atoms with Gasteiger partial charge in [-0.2, -0.15) is 0 Å². The summed E-state index contributed by atoms with van der Waals surface area (Å²) in [5.41, 5.74) is 2.39. The summed E-state index contributed by atoms with van der Waals surface area (Å²) in [6, 6.07) is 6.64. The van der Waals surface area contributed by atoms with Gasteiger partial charge < -0.3 is 5.32 Å². The van der Waals surface area contributed by atoms with E-state index in [1.165, 1.54) is 5.56 Å². The van der Waals surface area contributed by atoms with Crippen molar-refractivity contribution in [1.82, 2.24) is 5.32 Å². The second-order valence-electron chi connectivity index (χ2n) is 4.40. The highest BCUT2D eigenvalue weighted by molar-refractivity contribution is 6.32. The van der Waals surface area contributed by atoms with Crippen molar-refractivity contribution in [1.29, 1.82) is 0 Å². The van der Waals surface area contributed by atoms with E-state index in [0.717, 1.165) is 23.6 Å². The van der Waals surface area contributed by atoms with Crippen LogP contribution < -0.4 is 5.32 Å². The molecule has 0 bridgehead atoms. The van der Waals surface area contributed by atoms with Crippen molar-refractivity contribution in [3.8, 4) is 0 Å². The molecule has 0 aliphatic heterocycles. The van der Waals surface area contributed by atoms with Crippen LogP contribution in [0.1, 0.15) is 44.4 Å². The van der Waals surface area contributed by atoms with Crippen LogP contribution in [0.5, 0.6) is 0 Å². The molecule has 2 atom stereocenters. The van der Waals surface area contributed by atoms with Crippen LogP contribution in [0.25, 0.3) is 0 Å². The molecule has 0 aliphatic rings. The van der Waals surface area contributed by atoms with Crippen molar-refractivity contribution in [2.24, 2.45) is 5.92 Å². The first kappa shape index (κ1) is 13.5. The van der Waals surface area contributed by atoms with Crippen LogP contribution in [-0.4, -0.2) is 6.54 Å². The summed E-state index contributed by atoms with van der Waals surface area (Å²) in [5, 5.41) is 4.44. The highest BCUT2D eigenvalue weighted by Crippen LogP contribution is 2.31. The largest absolute Gasteiger partial charge is 0.310 e. The number of rotatable bonds is 5. The van der Waals surface area contributed by atoms with Gasteiger partial charge in [0, 0.05) is 11.1 Å². The molecule has 16 heavy (non-hydrogen) atoms. The molecule has 1 aromatic carbocycles. The van der Waals surface area contributed by atoms with Crippen molar-refractivity contribution in [2.75, 3.05) is 6.54 Å². The molecule has 1 rings (SSSR count). The Labute approximate surface area is 104 Å². The summed E-state index contributed by atoms with van der Waals surface area (Å²) >= 11 is 6.38. The highest BCUT2D eigenvalue weighted by atomic mass is 35.5. The first-order valence-corrected chi connectivity index (χ1v) is 6.48. The van der Waals surface area contributed by atoms with E-state index in [9.17, 15) is 0 Å². The minimum atomic E-state index is 0.363. The maximum absolute atomic E-state index is 6.38. The van der Waals surface area contributed by atoms with Crippen molar-refractivity contribution >= 4 is 11.6 Å². The van der Waals surface area contributed by atoms with Crippen LogP contribution in [0, 0.1) is 12.8 Å². The number of nitrogens with one attached hydrogen (secondary N) is 1. The molecular weight excluding hydrogens is 218 g/mol. The summed E-state index contributed by atoms with van der Waals surface area (Å²) in [6.07, 6.45) is 1.15. The minimum absolute atomic E-state index is 0.363. The summed E-state index contributed by atoms with van der Waals surface area (Å²) in [5.74, 6) is 0.597. The molecule has 0 amide bonds. The third-order valence-corrected chi connectivity index (χ3v) is 3.71. The van der Waals surface area contributed by atoms with Gasteiger partial charge in [0.05, 0.1) is 0 Å². The zero-order valence-corrected chi connectivity index (χ0v) is 11.4. The van der Waals surface area contributed by atoms with E-state index in [1.54, 1.807) is 0 Å². The number of hydrogen-bond donors (Lipinski definition) is 1. The minimum Gasteiger partial charge on any atom is -0.310 e. The second-order valence-corrected chi connectivity index (χ2v) is 4.78. The molecule has 0 heterocycles. The maximum atomic E-state index is 6.38. The fourth-order valence-electron chi connectivity index (χ4n) is 1.98. The summed E-state index contributed by atoms with van der Waals surface area (Å²) < 4.78 is 0. The Balaban J connectivity index is 3.05. The van der Waals surface area contributed by atoms with Gasteiger partial charge in [-0.25, -0.2) is 0 Å². The van der Waals surface area contributed by atoms with E-state index < -0.39 is 0 Å². The van der Waals surface area contributed by atoms with Crippen LogP contribution in [0.3, 0.4) is 0 Å². The van der Waals surface area contributed by atoms with Crippen molar-refractivity contribution < 1.29 is 0 Å². The van der Waals surface area contributed by atoms with E-state index >= 15 is 0 Å². The second kappa shape index (κ2) is 6.27. The molecule has 0 saturated carbocycles. The molecule has 0 saturated heterocycles. The Morgan fingerprint density at radius 3 is 2.56 bits per heavy atom. The zero-order chi connectivity index (χ0) is 12.1. The summed E-state index contributed by atoms with van der Waals surface area (Å²) in [7, 11) is 0. The SMILES string of the molecule is CCNC(c1cccc(C)c1Cl)C(C)CC. The smallest absolute Gasteiger partial charge is 0.0483 e. The molecule has 2 heteroatoms. The highest BCUT2D eigenvalue weighted by Gasteiger charge is 2.19. The van der Waals surface area contributed by atoms with Gasteiger partial charge in [-0.3, -0.25) is 0 Å². The Morgan fingerprint density at radius 2 is 2.00 bits per heavy atom. The molecule has 0 radical (unpaired) electrons. The number of aryl methyl sites for hydroxylation is 1. The normalized spacial score (nSPS) is 14.8. The van der Waals surface area contributed by atoms with Crippen LogP contribution in [0.4, 0.5) is 0 Å². The average molecular weight is 240 g/mol. The average Bonchev–Trinajstić information content (AvgIpc) is 2.29. The van der Waals surface area contributed by atoms with E-state index in [2.05, 4.69) is 51.2 Å². The molecule has 0 aromatic heterocycles. The van der Waals surface area contributed by atoms with Gasteiger partial charge >= 0.3 is 0 Å². The quantitative estimate of drug-likeness (QED) is 0.806. The van der Waals surface area contributed by atoms with E-state index in [4.69, 9.17) is 11.6 Å². The van der Waals surface area contributed by atoms with Crippen LogP contribution in [0.2, 0.25) is 5.02 Å². The molecule has 2 unspecified atom stereocenters. The van der Waals surface area contributed by atoms with Crippen molar-refractivity contribution in [3.05, 3.63) is 34.3 Å². The van der Waals surface area contributed by atoms with Gasteiger partial charge in [0.25, 0.3) is 0 Å². The molecule has 0 fully saturated rings. The Kier molecular flexibility index (Phi) is 5.30. The third-order valence-electron chi connectivity index (χ3n) is 3.19. The molecular formula is C14H22ClN. The first-order chi connectivity index (χ1) is 7.61. The molecule has 90 valence electrons. The first-order valence-electron chi connectivity index (χ1n) is 6.10. The lowest BCUT2D eigenvalue weighted by molar-refractivity contribution is 0.384. The predicted octanol–water partition coefficient (Wildman–Crippen LogP) is 4.35. The lowest BCUT2D eigenvalue weighted by Crippen LogP contribution is -2.26. The van der Waals surface area contributed by atoms with Gasteiger partial charge in [-0.1, -0.05) is 57.0 Å². The van der Waals surface area contributed by atoms with Gasteiger partial charge in [0.2, 0.25) is 0 Å². The van der Waals surface area contributed by atoms with Gasteiger partial charge in [0.15, 0.2) is 0 Å². The van der Waals surface area contributed by atoms with E-state index in [1.807, 2.05) is 0 Å². The monoisotopic (exact) mass is 239 g/mol. The van der Waals surface area contributed by atoms with Gasteiger partial charge in [0.1, 0.15) is 0 Å². The van der Waals surface area contributed by atoms with Crippen LogP contribution in [-0.2, 0) is 0 Å². The number of benzene rings is 1. The Bertz CT molecular complexity index is 336. The Hall–Kier alpha value is -0.530. The maximum Gasteiger partial charge on any atom is 0.0483 e. The van der Waals surface area contributed by atoms with Gasteiger partial charge in [-0.05, 0) is 30.5 Å². The van der Waals surface area contributed by atoms with Gasteiger partial charge in [-0.15, -0.1) is 0 Å². The van der Waals surface area contributed by atoms with E-state index in [0.29, 0.717) is 12.0 Å².